The fraction of sp³-hybridized carbons (Fsp3) is 0.231. The van der Waals surface area contributed by atoms with Crippen LogP contribution in [0.25, 0.3) is 11.8 Å². The summed E-state index contributed by atoms with van der Waals surface area (Å²) < 4.78 is 7.74. The molecule has 0 bridgehead atoms. The zero-order valence-corrected chi connectivity index (χ0v) is 10.5. The van der Waals surface area contributed by atoms with Crippen molar-refractivity contribution in [2.24, 2.45) is 14.1 Å². The van der Waals surface area contributed by atoms with Gasteiger partial charge in [0, 0.05) is 14.1 Å². The lowest BCUT2D eigenvalue weighted by Gasteiger charge is -2.14. The average Bonchev–Trinajstić information content (AvgIpc) is 2.34. The van der Waals surface area contributed by atoms with Crippen LogP contribution in [0.4, 0.5) is 0 Å². The predicted octanol–water partition coefficient (Wildman–Crippen LogP) is 0.654. The van der Waals surface area contributed by atoms with Crippen LogP contribution in [0, 0.1) is 0 Å². The second kappa shape index (κ2) is 4.52. The van der Waals surface area contributed by atoms with E-state index in [4.69, 9.17) is 4.74 Å². The van der Waals surface area contributed by atoms with E-state index < -0.39 is 0 Å². The van der Waals surface area contributed by atoms with E-state index in [1.54, 1.807) is 31.4 Å². The van der Waals surface area contributed by atoms with Gasteiger partial charge in [0.1, 0.15) is 11.3 Å². The van der Waals surface area contributed by atoms with Gasteiger partial charge in [-0.15, -0.1) is 0 Å². The number of aromatic nitrogens is 2. The van der Waals surface area contributed by atoms with Crippen LogP contribution in [-0.4, -0.2) is 16.2 Å². The number of allylic oxidation sites excluding steroid dienone is 4. The molecule has 5 heteroatoms. The Morgan fingerprint density at radius 2 is 1.78 bits per heavy atom. The molecule has 0 saturated heterocycles. The van der Waals surface area contributed by atoms with Gasteiger partial charge < -0.3 is 4.74 Å². The minimum atomic E-state index is -0.360. The molecular formula is C13H14N2O3. The highest BCUT2D eigenvalue weighted by molar-refractivity contribution is 5.70. The quantitative estimate of drug-likeness (QED) is 0.731. The topological polar surface area (TPSA) is 53.2 Å². The van der Waals surface area contributed by atoms with Crippen molar-refractivity contribution in [1.29, 1.82) is 0 Å². The normalized spacial score (nSPS) is 20.1. The van der Waals surface area contributed by atoms with E-state index in [0.717, 1.165) is 4.57 Å². The van der Waals surface area contributed by atoms with Crippen LogP contribution in [0.1, 0.15) is 11.3 Å². The summed E-state index contributed by atoms with van der Waals surface area (Å²) in [5.74, 6) is 0.446. The van der Waals surface area contributed by atoms with Gasteiger partial charge in [0.25, 0.3) is 5.56 Å². The second-order valence-electron chi connectivity index (χ2n) is 3.95. The Morgan fingerprint density at radius 3 is 2.44 bits per heavy atom. The van der Waals surface area contributed by atoms with Crippen molar-refractivity contribution in [2.75, 3.05) is 7.11 Å². The predicted molar refractivity (Wildman–Crippen MR) is 70.1 cm³/mol. The highest BCUT2D eigenvalue weighted by Gasteiger charge is 2.18. The second-order valence-corrected chi connectivity index (χ2v) is 3.95. The van der Waals surface area contributed by atoms with Crippen molar-refractivity contribution in [3.8, 4) is 0 Å². The summed E-state index contributed by atoms with van der Waals surface area (Å²) in [6, 6.07) is 0. The van der Waals surface area contributed by atoms with Gasteiger partial charge in [0.05, 0.1) is 12.8 Å². The Labute approximate surface area is 104 Å². The summed E-state index contributed by atoms with van der Waals surface area (Å²) in [4.78, 5) is 24.1. The molecule has 2 rings (SSSR count). The first-order valence-electron chi connectivity index (χ1n) is 5.47. The fourth-order valence-corrected chi connectivity index (χ4v) is 1.89. The molecule has 18 heavy (non-hydrogen) atoms. The van der Waals surface area contributed by atoms with Gasteiger partial charge in [-0.3, -0.25) is 13.9 Å². The van der Waals surface area contributed by atoms with Gasteiger partial charge >= 0.3 is 5.69 Å². The molecule has 1 aromatic heterocycles. The largest absolute Gasteiger partial charge is 0.496 e. The Morgan fingerprint density at radius 1 is 1.06 bits per heavy atom. The van der Waals surface area contributed by atoms with Gasteiger partial charge in [-0.1, -0.05) is 18.2 Å². The summed E-state index contributed by atoms with van der Waals surface area (Å²) in [5, 5.41) is 0. The number of fused-ring (bicyclic) bond motifs is 1. The summed E-state index contributed by atoms with van der Waals surface area (Å²) in [6.45, 7) is 0. The molecule has 0 saturated carbocycles. The molecule has 1 heterocycles. The van der Waals surface area contributed by atoms with Crippen molar-refractivity contribution in [3.05, 3.63) is 56.4 Å². The number of rotatable bonds is 1. The lowest BCUT2D eigenvalue weighted by atomic mass is 10.1. The Balaban J connectivity index is 2.96. The third-order valence-corrected chi connectivity index (χ3v) is 2.90. The summed E-state index contributed by atoms with van der Waals surface area (Å²) in [7, 11) is 4.58. The molecule has 0 N–H and O–H groups in total. The van der Waals surface area contributed by atoms with E-state index in [-0.39, 0.29) is 11.2 Å². The Kier molecular flexibility index (Phi) is 3.06. The van der Waals surface area contributed by atoms with Crippen molar-refractivity contribution in [1.82, 2.24) is 9.13 Å². The van der Waals surface area contributed by atoms with E-state index in [9.17, 15) is 9.59 Å². The lowest BCUT2D eigenvalue weighted by molar-refractivity contribution is 0.368. The summed E-state index contributed by atoms with van der Waals surface area (Å²) >= 11 is 0. The highest BCUT2D eigenvalue weighted by Crippen LogP contribution is 2.18. The minimum absolute atomic E-state index is 0.358. The van der Waals surface area contributed by atoms with Crippen LogP contribution in [0.3, 0.4) is 0 Å². The third-order valence-electron chi connectivity index (χ3n) is 2.90. The molecule has 0 aromatic carbocycles. The summed E-state index contributed by atoms with van der Waals surface area (Å²) in [5.41, 5.74) is 0.216. The molecule has 1 aromatic rings. The molecule has 0 fully saturated rings. The molecule has 0 radical (unpaired) electrons. The molecule has 0 unspecified atom stereocenters. The molecule has 0 atom stereocenters. The first-order valence-corrected chi connectivity index (χ1v) is 5.47. The van der Waals surface area contributed by atoms with Crippen molar-refractivity contribution in [3.63, 3.8) is 0 Å². The molecule has 0 aliphatic heterocycles. The van der Waals surface area contributed by atoms with Crippen molar-refractivity contribution >= 4 is 11.8 Å². The first-order chi connectivity index (χ1) is 8.57. The van der Waals surface area contributed by atoms with Crippen LogP contribution in [0.2, 0.25) is 0 Å². The van der Waals surface area contributed by atoms with Gasteiger partial charge in [-0.05, 0) is 12.2 Å². The van der Waals surface area contributed by atoms with E-state index >= 15 is 0 Å². The Hall–Kier alpha value is -2.30. The van der Waals surface area contributed by atoms with Crippen molar-refractivity contribution < 1.29 is 4.74 Å². The van der Waals surface area contributed by atoms with Gasteiger partial charge in [0.15, 0.2) is 0 Å². The molecule has 0 amide bonds. The highest BCUT2D eigenvalue weighted by atomic mass is 16.5. The fourth-order valence-electron chi connectivity index (χ4n) is 1.89. The monoisotopic (exact) mass is 246 g/mol. The first kappa shape index (κ1) is 12.2. The number of ether oxygens (including phenoxy) is 1. The van der Waals surface area contributed by atoms with Gasteiger partial charge in [-0.25, -0.2) is 4.79 Å². The maximum Gasteiger partial charge on any atom is 0.330 e. The lowest BCUT2D eigenvalue weighted by Crippen LogP contribution is -2.40. The third kappa shape index (κ3) is 1.73. The minimum Gasteiger partial charge on any atom is -0.496 e. The molecule has 1 aliphatic rings. The molecule has 0 spiro atoms. The van der Waals surface area contributed by atoms with Gasteiger partial charge in [-0.2, -0.15) is 0 Å². The van der Waals surface area contributed by atoms with E-state index in [0.29, 0.717) is 17.0 Å². The number of hydrogen-bond donors (Lipinski definition) is 0. The maximum absolute atomic E-state index is 12.2. The molecule has 94 valence electrons. The van der Waals surface area contributed by atoms with E-state index in [1.165, 1.54) is 18.7 Å². The number of nitrogens with zero attached hydrogens (tertiary/aromatic N) is 2. The SMILES string of the molecule is CO/C1=C/C=C\C=C/c2c1c(=O)n(C)c(=O)n2C. The van der Waals surface area contributed by atoms with Crippen molar-refractivity contribution in [2.45, 2.75) is 0 Å². The van der Waals surface area contributed by atoms with Crippen LogP contribution < -0.4 is 11.2 Å². The average molecular weight is 246 g/mol. The molecule has 5 nitrogen and oxygen atoms in total. The Bertz CT molecular complexity index is 687. The van der Waals surface area contributed by atoms with Crippen LogP contribution in [-0.2, 0) is 18.8 Å². The smallest absolute Gasteiger partial charge is 0.330 e. The zero-order valence-electron chi connectivity index (χ0n) is 10.5. The summed E-state index contributed by atoms with van der Waals surface area (Å²) in [6.07, 6.45) is 8.79. The zero-order chi connectivity index (χ0) is 13.3. The number of methoxy groups -OCH3 is 1. The number of hydrogen-bond acceptors (Lipinski definition) is 3. The maximum atomic E-state index is 12.2. The van der Waals surface area contributed by atoms with E-state index in [1.807, 2.05) is 6.08 Å². The molecule has 1 aliphatic carbocycles. The van der Waals surface area contributed by atoms with Crippen LogP contribution >= 0.6 is 0 Å². The van der Waals surface area contributed by atoms with Gasteiger partial charge in [0.2, 0.25) is 0 Å². The van der Waals surface area contributed by atoms with Crippen LogP contribution in [0.5, 0.6) is 0 Å². The molecular weight excluding hydrogens is 232 g/mol. The van der Waals surface area contributed by atoms with Crippen LogP contribution in [0.15, 0.2) is 33.9 Å². The van der Waals surface area contributed by atoms with E-state index in [2.05, 4.69) is 0 Å². The standard InChI is InChI=1S/C13H14N2O3/c1-14-9-7-5-4-6-8-10(18-3)11(9)12(16)15(2)13(14)17/h4-8H,1-3H3/b5-4?,6-4-,7-5-,8-6?,9-7?,10-8+,11-10?.